The van der Waals surface area contributed by atoms with Crippen LogP contribution in [-0.2, 0) is 14.4 Å². The molecule has 2 saturated heterocycles. The quantitative estimate of drug-likeness (QED) is 0.0966. The van der Waals surface area contributed by atoms with Gasteiger partial charge in [0.25, 0.3) is 17.7 Å². The summed E-state index contributed by atoms with van der Waals surface area (Å²) < 4.78 is 20.2. The first kappa shape index (κ1) is 43.6. The summed E-state index contributed by atoms with van der Waals surface area (Å²) in [6.07, 6.45) is 7.01. The average Bonchev–Trinajstić information content (AvgIpc) is 3.58. The van der Waals surface area contributed by atoms with Crippen LogP contribution >= 0.6 is 0 Å². The molecule has 0 radical (unpaired) electrons. The summed E-state index contributed by atoms with van der Waals surface area (Å²) in [5.74, 6) is -3.21. The van der Waals surface area contributed by atoms with Crippen LogP contribution in [0.2, 0.25) is 0 Å². The van der Waals surface area contributed by atoms with Crippen molar-refractivity contribution in [2.24, 2.45) is 0 Å². The second-order valence-corrected chi connectivity index (χ2v) is 15.6. The Balaban J connectivity index is 0.878. The maximum Gasteiger partial charge on any atom is 0.274 e. The number of hydrogen-bond acceptors (Lipinski definition) is 13. The lowest BCUT2D eigenvalue weighted by atomic mass is 10.0. The second kappa shape index (κ2) is 19.1. The molecule has 330 valence electrons. The molecule has 3 aliphatic rings. The highest BCUT2D eigenvalue weighted by atomic mass is 19.1. The van der Waals surface area contributed by atoms with Gasteiger partial charge in [0.05, 0.1) is 46.8 Å². The fourth-order valence-electron chi connectivity index (χ4n) is 8.29. The smallest absolute Gasteiger partial charge is 0.274 e. The van der Waals surface area contributed by atoms with Crippen LogP contribution in [0.25, 0.3) is 22.5 Å². The molecule has 5 aromatic rings. The minimum atomic E-state index is -1.05. The van der Waals surface area contributed by atoms with E-state index in [9.17, 15) is 38.4 Å². The molecule has 0 aliphatic carbocycles. The van der Waals surface area contributed by atoms with Gasteiger partial charge in [-0.25, -0.2) is 14.4 Å². The van der Waals surface area contributed by atoms with E-state index in [1.54, 1.807) is 54.9 Å². The molecule has 18 heteroatoms. The zero-order chi connectivity index (χ0) is 45.6. The van der Waals surface area contributed by atoms with E-state index < -0.39 is 41.4 Å². The lowest BCUT2D eigenvalue weighted by Crippen LogP contribution is -2.54. The molecule has 2 fully saturated rings. The van der Waals surface area contributed by atoms with Gasteiger partial charge in [-0.1, -0.05) is 24.6 Å². The molecule has 5 heterocycles. The standard InChI is InChI=1S/C47H43FN10O7/c1-65-38-10-6-8-32(48)42(38)43-52-20-17-35(53-43)44(61)54-33-13-12-28(31-27-50-19-16-29(31)26-49)25-37(33)56-21-23-57(24-22-56)40(60)11-3-2-4-18-51-34-9-5-7-30-41(34)47(64)58(46(30)63)36-14-15-39(59)55-45(36)62/h5-10,12-13,16-17,19-20,25,27,36,51H,2-4,11,14-15,18,21-24H2,1H3,(H,54,61)(H,55,59,62). The van der Waals surface area contributed by atoms with Crippen LogP contribution in [0.3, 0.4) is 0 Å². The van der Waals surface area contributed by atoms with Crippen LogP contribution in [0.5, 0.6) is 5.75 Å². The van der Waals surface area contributed by atoms with E-state index in [1.165, 1.54) is 31.5 Å². The van der Waals surface area contributed by atoms with Gasteiger partial charge in [0, 0.05) is 75.4 Å². The van der Waals surface area contributed by atoms with Crippen molar-refractivity contribution in [1.29, 1.82) is 5.26 Å². The molecule has 1 unspecified atom stereocenters. The molecule has 8 rings (SSSR count). The average molecular weight is 879 g/mol. The summed E-state index contributed by atoms with van der Waals surface area (Å²) in [6.45, 7) is 2.24. The highest BCUT2D eigenvalue weighted by molar-refractivity contribution is 6.25. The highest BCUT2D eigenvalue weighted by Crippen LogP contribution is 2.36. The number of unbranched alkanes of at least 4 members (excludes halogenated alkanes) is 2. The fraction of sp³-hybridized carbons (Fsp3) is 0.277. The maximum atomic E-state index is 14.9. The fourth-order valence-corrected chi connectivity index (χ4v) is 8.29. The number of amides is 6. The number of aromatic nitrogens is 3. The molecule has 65 heavy (non-hydrogen) atoms. The monoisotopic (exact) mass is 878 g/mol. The molecular weight excluding hydrogens is 836 g/mol. The molecule has 3 aliphatic heterocycles. The number of rotatable bonds is 14. The number of carbonyl (C=O) groups is 6. The number of pyridine rings is 1. The third-order valence-electron chi connectivity index (χ3n) is 11.6. The van der Waals surface area contributed by atoms with Gasteiger partial charge >= 0.3 is 0 Å². The number of nitrogens with one attached hydrogen (secondary N) is 3. The van der Waals surface area contributed by atoms with E-state index in [2.05, 4.69) is 41.9 Å². The van der Waals surface area contributed by atoms with Crippen molar-refractivity contribution in [2.75, 3.05) is 55.4 Å². The number of nitriles is 1. The first-order valence-electron chi connectivity index (χ1n) is 21.1. The highest BCUT2D eigenvalue weighted by Gasteiger charge is 2.45. The first-order valence-corrected chi connectivity index (χ1v) is 21.1. The number of piperazine rings is 1. The SMILES string of the molecule is COc1cccc(F)c1-c1nccc(C(=O)Nc2ccc(-c3cnccc3C#N)cc2N2CCN(C(=O)CCCCCNc3cccc4c3C(=O)N(C3CCC(=O)NC3=O)C4=O)CC2)n1. The van der Waals surface area contributed by atoms with Crippen LogP contribution in [0.4, 0.5) is 21.5 Å². The Labute approximate surface area is 372 Å². The molecule has 3 aromatic carbocycles. The van der Waals surface area contributed by atoms with Crippen LogP contribution in [0.1, 0.15) is 75.3 Å². The molecule has 0 spiro atoms. The number of benzene rings is 3. The number of anilines is 3. The summed E-state index contributed by atoms with van der Waals surface area (Å²) in [5.41, 5.74) is 3.77. The Morgan fingerprint density at radius 1 is 0.908 bits per heavy atom. The lowest BCUT2D eigenvalue weighted by molar-refractivity contribution is -0.136. The van der Waals surface area contributed by atoms with Gasteiger partial charge in [-0.15, -0.1) is 0 Å². The van der Waals surface area contributed by atoms with Crippen molar-refractivity contribution < 1.29 is 37.9 Å². The molecule has 0 bridgehead atoms. The summed E-state index contributed by atoms with van der Waals surface area (Å²) in [4.78, 5) is 95.5. The number of fused-ring (bicyclic) bond motifs is 1. The van der Waals surface area contributed by atoms with Crippen molar-refractivity contribution in [3.63, 3.8) is 0 Å². The predicted octanol–water partition coefficient (Wildman–Crippen LogP) is 5.20. The van der Waals surface area contributed by atoms with Crippen molar-refractivity contribution in [1.82, 2.24) is 30.1 Å². The number of halogens is 1. The molecule has 6 amide bonds. The van der Waals surface area contributed by atoms with Crippen molar-refractivity contribution >= 4 is 52.5 Å². The first-order chi connectivity index (χ1) is 31.6. The van der Waals surface area contributed by atoms with Crippen molar-refractivity contribution in [2.45, 2.75) is 44.6 Å². The van der Waals surface area contributed by atoms with Gasteiger partial charge in [-0.2, -0.15) is 5.26 Å². The van der Waals surface area contributed by atoms with Gasteiger partial charge < -0.3 is 25.2 Å². The Bertz CT molecular complexity index is 2770. The summed E-state index contributed by atoms with van der Waals surface area (Å²) in [7, 11) is 1.40. The van der Waals surface area contributed by atoms with Crippen LogP contribution in [0, 0.1) is 17.1 Å². The zero-order valence-electron chi connectivity index (χ0n) is 35.3. The minimum Gasteiger partial charge on any atom is -0.496 e. The zero-order valence-corrected chi connectivity index (χ0v) is 35.3. The summed E-state index contributed by atoms with van der Waals surface area (Å²) >= 11 is 0. The molecular formula is C47H43FN10O7. The maximum absolute atomic E-state index is 14.9. The number of piperidine rings is 1. The normalized spacial score (nSPS) is 15.9. The summed E-state index contributed by atoms with van der Waals surface area (Å²) in [6, 6.07) is 18.9. The van der Waals surface area contributed by atoms with Crippen LogP contribution in [0.15, 0.2) is 85.3 Å². The van der Waals surface area contributed by atoms with E-state index in [0.717, 1.165) is 11.3 Å². The Morgan fingerprint density at radius 3 is 2.51 bits per heavy atom. The predicted molar refractivity (Wildman–Crippen MR) is 235 cm³/mol. The topological polar surface area (TPSA) is 220 Å². The molecule has 17 nitrogen and oxygen atoms in total. The number of carbonyl (C=O) groups excluding carboxylic acids is 6. The van der Waals surface area contributed by atoms with Gasteiger partial charge in [0.2, 0.25) is 17.7 Å². The van der Waals surface area contributed by atoms with Crippen molar-refractivity contribution in [3.05, 3.63) is 114 Å². The van der Waals surface area contributed by atoms with E-state index in [4.69, 9.17) is 4.74 Å². The van der Waals surface area contributed by atoms with Crippen molar-refractivity contribution in [3.8, 4) is 34.3 Å². The Kier molecular flexibility index (Phi) is 12.8. The van der Waals surface area contributed by atoms with E-state index in [1.807, 2.05) is 11.0 Å². The molecule has 2 aromatic heterocycles. The van der Waals surface area contributed by atoms with Crippen LogP contribution in [-0.4, -0.2) is 106 Å². The van der Waals surface area contributed by atoms with Gasteiger partial charge in [-0.05, 0) is 73.4 Å². The van der Waals surface area contributed by atoms with E-state index in [0.29, 0.717) is 85.7 Å². The molecule has 0 saturated carbocycles. The minimum absolute atomic E-state index is 0.00547. The number of ether oxygens (including phenoxy) is 1. The summed E-state index contributed by atoms with van der Waals surface area (Å²) in [5, 5.41) is 18.2. The third-order valence-corrected chi connectivity index (χ3v) is 11.6. The number of methoxy groups -OCH3 is 1. The largest absolute Gasteiger partial charge is 0.496 e. The second-order valence-electron chi connectivity index (χ2n) is 15.6. The molecule has 3 N–H and O–H groups in total. The van der Waals surface area contributed by atoms with Gasteiger partial charge in [-0.3, -0.25) is 44.0 Å². The van der Waals surface area contributed by atoms with Gasteiger partial charge in [0.15, 0.2) is 5.82 Å². The van der Waals surface area contributed by atoms with Crippen LogP contribution < -0.4 is 25.6 Å². The number of hydrogen-bond donors (Lipinski definition) is 3. The van der Waals surface area contributed by atoms with E-state index >= 15 is 0 Å². The lowest BCUT2D eigenvalue weighted by Gasteiger charge is -2.37. The van der Waals surface area contributed by atoms with E-state index in [-0.39, 0.29) is 52.7 Å². The Hall–Kier alpha value is -8.07. The van der Waals surface area contributed by atoms with Gasteiger partial charge in [0.1, 0.15) is 23.3 Å². The molecule has 1 atom stereocenters. The third kappa shape index (κ3) is 9.07. The number of nitrogens with zero attached hydrogens (tertiary/aromatic N) is 7. The Morgan fingerprint density at radius 2 is 1.72 bits per heavy atom. The number of imide groups is 2.